The Morgan fingerprint density at radius 3 is 2.08 bits per heavy atom. The standard InChI is InChI=1S/C11H8O3.C3H6N6.H2O/c12-10-4-3-7-5-9(11(13)14)2-1-8(7)6-10;4-1-7-2(5)9-3(6)8-1;/h1-6,12H,(H,13,14);(H6,4,5,6,7,8,9);1H2. The Kier molecular flexibility index (Phi) is 5.79. The maximum Gasteiger partial charge on any atom is 0.335 e. The SMILES string of the molecule is Nc1nc(N)[nH+]c(N)n1.O.O=C(O)c1ccc2cc([O-])ccc2c1. The first-order valence-corrected chi connectivity index (χ1v) is 6.37. The molecule has 126 valence electrons. The highest BCUT2D eigenvalue weighted by molar-refractivity contribution is 5.94. The lowest BCUT2D eigenvalue weighted by atomic mass is 10.1. The molecule has 0 spiro atoms. The van der Waals surface area contributed by atoms with Gasteiger partial charge >= 0.3 is 23.8 Å². The number of aromatic amines is 1. The molecule has 2 aromatic carbocycles. The summed E-state index contributed by atoms with van der Waals surface area (Å²) in [5.74, 6) is -0.623. The summed E-state index contributed by atoms with van der Waals surface area (Å²) in [5, 5.41) is 21.3. The van der Waals surface area contributed by atoms with Crippen molar-refractivity contribution >= 4 is 34.6 Å². The molecule has 0 aliphatic heterocycles. The fraction of sp³-hybridized carbons (Fsp3) is 0. The smallest absolute Gasteiger partial charge is 0.335 e. The minimum atomic E-state index is -0.960. The highest BCUT2D eigenvalue weighted by Gasteiger charge is 2.02. The topological polar surface area (TPSA) is 210 Å². The van der Waals surface area contributed by atoms with Crippen LogP contribution in [-0.4, -0.2) is 26.5 Å². The number of nitrogen functional groups attached to an aromatic ring is 3. The summed E-state index contributed by atoms with van der Waals surface area (Å²) in [4.78, 5) is 20.2. The predicted molar refractivity (Wildman–Crippen MR) is 85.8 cm³/mol. The second-order valence-corrected chi connectivity index (χ2v) is 4.51. The maximum absolute atomic E-state index is 11.0. The van der Waals surface area contributed by atoms with Gasteiger partial charge in [0.05, 0.1) is 5.56 Å². The first-order valence-electron chi connectivity index (χ1n) is 6.37. The van der Waals surface area contributed by atoms with E-state index < -0.39 is 5.97 Å². The monoisotopic (exact) mass is 332 g/mol. The van der Waals surface area contributed by atoms with E-state index in [1.807, 2.05) is 0 Å². The molecule has 0 fully saturated rings. The molecule has 0 unspecified atom stereocenters. The fourth-order valence-electron chi connectivity index (χ4n) is 1.82. The third kappa shape index (κ3) is 4.68. The lowest BCUT2D eigenvalue weighted by Gasteiger charge is -2.06. The van der Waals surface area contributed by atoms with Gasteiger partial charge in [-0.2, -0.15) is 0 Å². The summed E-state index contributed by atoms with van der Waals surface area (Å²) in [5.41, 5.74) is 15.8. The Morgan fingerprint density at radius 2 is 1.54 bits per heavy atom. The van der Waals surface area contributed by atoms with E-state index in [4.69, 9.17) is 22.3 Å². The quantitative estimate of drug-likeness (QED) is 0.425. The van der Waals surface area contributed by atoms with Crippen LogP contribution in [0.4, 0.5) is 17.8 Å². The van der Waals surface area contributed by atoms with Crippen molar-refractivity contribution in [3.63, 3.8) is 0 Å². The van der Waals surface area contributed by atoms with E-state index in [-0.39, 0.29) is 34.6 Å². The van der Waals surface area contributed by atoms with Crippen LogP contribution in [0.1, 0.15) is 10.4 Å². The van der Waals surface area contributed by atoms with Crippen LogP contribution >= 0.6 is 0 Å². The molecule has 0 radical (unpaired) electrons. The van der Waals surface area contributed by atoms with Gasteiger partial charge in [-0.15, -0.1) is 5.75 Å². The molecule has 1 heterocycles. The van der Waals surface area contributed by atoms with Crippen molar-refractivity contribution in [2.24, 2.45) is 0 Å². The lowest BCUT2D eigenvalue weighted by molar-refractivity contribution is -0.350. The minimum absolute atomic E-state index is 0. The van der Waals surface area contributed by atoms with Gasteiger partial charge in [0.15, 0.2) is 0 Å². The number of nitrogens with one attached hydrogen (secondary N) is 1. The molecular formula is C14H16N6O4. The molecule has 10 nitrogen and oxygen atoms in total. The predicted octanol–water partition coefficient (Wildman–Crippen LogP) is -1.18. The third-order valence-electron chi connectivity index (χ3n) is 2.78. The van der Waals surface area contributed by atoms with Crippen LogP contribution in [-0.2, 0) is 0 Å². The number of hydrogen-bond donors (Lipinski definition) is 4. The molecule has 0 saturated carbocycles. The van der Waals surface area contributed by atoms with Gasteiger partial charge in [0.2, 0.25) is 0 Å². The van der Waals surface area contributed by atoms with Gasteiger partial charge < -0.3 is 32.9 Å². The van der Waals surface area contributed by atoms with Crippen molar-refractivity contribution in [2.45, 2.75) is 0 Å². The average molecular weight is 332 g/mol. The van der Waals surface area contributed by atoms with E-state index in [0.29, 0.717) is 0 Å². The van der Waals surface area contributed by atoms with Crippen LogP contribution in [0.25, 0.3) is 10.8 Å². The summed E-state index contributed by atoms with van der Waals surface area (Å²) in [7, 11) is 0. The Balaban J connectivity index is 0.000000252. The normalized spacial score (nSPS) is 9.50. The summed E-state index contributed by atoms with van der Waals surface area (Å²) in [6.45, 7) is 0. The van der Waals surface area contributed by atoms with E-state index >= 15 is 0 Å². The first kappa shape index (κ1) is 18.4. The number of rotatable bonds is 1. The number of H-pyrrole nitrogens is 1. The van der Waals surface area contributed by atoms with Crippen LogP contribution in [0, 0.1) is 0 Å². The van der Waals surface area contributed by atoms with Crippen LogP contribution < -0.4 is 27.3 Å². The number of nitrogens with two attached hydrogens (primary N) is 3. The van der Waals surface area contributed by atoms with Crippen LogP contribution in [0.15, 0.2) is 36.4 Å². The second-order valence-electron chi connectivity index (χ2n) is 4.51. The van der Waals surface area contributed by atoms with E-state index in [0.717, 1.165) is 10.8 Å². The lowest BCUT2D eigenvalue weighted by Crippen LogP contribution is -2.20. The Hall–Kier alpha value is -3.66. The molecule has 10 N–H and O–H groups in total. The summed E-state index contributed by atoms with van der Waals surface area (Å²) < 4.78 is 0. The molecule has 10 heteroatoms. The average Bonchev–Trinajstić information content (AvgIpc) is 2.45. The maximum atomic E-state index is 11.0. The number of aromatic nitrogens is 3. The van der Waals surface area contributed by atoms with E-state index in [1.54, 1.807) is 18.2 Å². The number of nitrogens with zero attached hydrogens (tertiary/aromatic N) is 2. The number of hydrogen-bond acceptors (Lipinski definition) is 7. The number of aromatic carboxylic acids is 1. The Bertz CT molecular complexity index is 821. The van der Waals surface area contributed by atoms with Crippen molar-refractivity contribution in [3.8, 4) is 5.75 Å². The number of carboxylic acid groups (broad SMARTS) is 1. The third-order valence-corrected chi connectivity index (χ3v) is 2.78. The van der Waals surface area contributed by atoms with Gasteiger partial charge in [0, 0.05) is 0 Å². The molecule has 0 saturated heterocycles. The van der Waals surface area contributed by atoms with Crippen molar-refractivity contribution in [1.82, 2.24) is 9.97 Å². The van der Waals surface area contributed by atoms with Gasteiger partial charge in [0.1, 0.15) is 0 Å². The van der Waals surface area contributed by atoms with Crippen molar-refractivity contribution < 1.29 is 25.5 Å². The van der Waals surface area contributed by atoms with Gasteiger partial charge in [-0.25, -0.2) is 9.78 Å². The van der Waals surface area contributed by atoms with Crippen LogP contribution in [0.5, 0.6) is 5.75 Å². The van der Waals surface area contributed by atoms with Crippen molar-refractivity contribution in [1.29, 1.82) is 0 Å². The highest BCUT2D eigenvalue weighted by atomic mass is 16.4. The van der Waals surface area contributed by atoms with E-state index in [9.17, 15) is 9.90 Å². The summed E-state index contributed by atoms with van der Waals surface area (Å²) in [6.07, 6.45) is 0. The Labute approximate surface area is 135 Å². The largest absolute Gasteiger partial charge is 0.872 e. The highest BCUT2D eigenvalue weighted by Crippen LogP contribution is 2.19. The molecule has 3 rings (SSSR count). The number of anilines is 3. The molecule has 0 amide bonds. The first-order chi connectivity index (χ1) is 10.8. The van der Waals surface area contributed by atoms with Gasteiger partial charge in [-0.05, 0) is 22.9 Å². The molecule has 0 bridgehead atoms. The minimum Gasteiger partial charge on any atom is -0.872 e. The van der Waals surface area contributed by atoms with Gasteiger partial charge in [-0.3, -0.25) is 0 Å². The van der Waals surface area contributed by atoms with Crippen LogP contribution in [0.3, 0.4) is 0 Å². The number of benzene rings is 2. The molecule has 24 heavy (non-hydrogen) atoms. The zero-order valence-electron chi connectivity index (χ0n) is 12.4. The number of carboxylic acids is 1. The number of carbonyl (C=O) groups is 1. The molecular weight excluding hydrogens is 316 g/mol. The fourth-order valence-corrected chi connectivity index (χ4v) is 1.82. The van der Waals surface area contributed by atoms with E-state index in [2.05, 4.69) is 15.0 Å². The molecule has 0 aliphatic carbocycles. The van der Waals surface area contributed by atoms with Crippen molar-refractivity contribution in [2.75, 3.05) is 17.2 Å². The number of fused-ring (bicyclic) bond motifs is 1. The molecule has 0 aliphatic rings. The van der Waals surface area contributed by atoms with Gasteiger partial charge in [-0.1, -0.05) is 34.2 Å². The Morgan fingerprint density at radius 1 is 1.00 bits per heavy atom. The zero-order valence-corrected chi connectivity index (χ0v) is 12.4. The molecule has 0 atom stereocenters. The van der Waals surface area contributed by atoms with Crippen LogP contribution in [0.2, 0.25) is 0 Å². The van der Waals surface area contributed by atoms with Gasteiger partial charge in [0.25, 0.3) is 0 Å². The summed E-state index contributed by atoms with van der Waals surface area (Å²) >= 11 is 0. The van der Waals surface area contributed by atoms with E-state index in [1.165, 1.54) is 18.2 Å². The summed E-state index contributed by atoms with van der Waals surface area (Å²) in [6, 6.07) is 9.22. The molecule has 1 aromatic heterocycles. The zero-order chi connectivity index (χ0) is 17.0. The molecule has 3 aromatic rings. The second kappa shape index (κ2) is 7.56. The van der Waals surface area contributed by atoms with Crippen molar-refractivity contribution in [3.05, 3.63) is 42.0 Å².